The number of imide groups is 1. The number of benzene rings is 2. The normalized spacial score (nSPS) is 14.9. The number of carbonyl (C=O) groups excluding carboxylic acids is 3. The number of anilines is 1. The lowest BCUT2D eigenvalue weighted by Gasteiger charge is -2.12. The van der Waals surface area contributed by atoms with E-state index < -0.39 is 36.2 Å². The Morgan fingerprint density at radius 2 is 1.76 bits per heavy atom. The van der Waals surface area contributed by atoms with Gasteiger partial charge in [-0.05, 0) is 36.0 Å². The second-order valence-electron chi connectivity index (χ2n) is 5.90. The van der Waals surface area contributed by atoms with Crippen LogP contribution in [0.1, 0.15) is 5.56 Å². The Balaban J connectivity index is 1.72. The highest BCUT2D eigenvalue weighted by atomic mass is 32.2. The number of nitrogens with one attached hydrogen (secondary N) is 1. The zero-order chi connectivity index (χ0) is 20.8. The Morgan fingerprint density at radius 3 is 2.48 bits per heavy atom. The number of amides is 3. The molecule has 29 heavy (non-hydrogen) atoms. The highest BCUT2D eigenvalue weighted by Crippen LogP contribution is 2.33. The molecule has 3 rings (SSSR count). The SMILES string of the molecule is O=C(O)COc1ccccc1/C=C1/SC(=O)N(CC(=O)Nc2ccccc2)C1=O. The van der Waals surface area contributed by atoms with E-state index in [9.17, 15) is 19.2 Å². The van der Waals surface area contributed by atoms with Crippen molar-refractivity contribution < 1.29 is 29.0 Å². The molecular weight excluding hydrogens is 396 g/mol. The third-order valence-electron chi connectivity index (χ3n) is 3.79. The van der Waals surface area contributed by atoms with Gasteiger partial charge in [0.05, 0.1) is 4.91 Å². The van der Waals surface area contributed by atoms with E-state index in [0.29, 0.717) is 23.0 Å². The number of ether oxygens (including phenoxy) is 1. The first-order valence-corrected chi connectivity index (χ1v) is 9.29. The van der Waals surface area contributed by atoms with Gasteiger partial charge in [-0.3, -0.25) is 19.3 Å². The zero-order valence-electron chi connectivity index (χ0n) is 15.0. The second-order valence-corrected chi connectivity index (χ2v) is 6.90. The van der Waals surface area contributed by atoms with Crippen LogP contribution in [0.15, 0.2) is 59.5 Å². The third kappa shape index (κ3) is 5.23. The van der Waals surface area contributed by atoms with Crippen LogP contribution in [0.2, 0.25) is 0 Å². The van der Waals surface area contributed by atoms with Crippen LogP contribution in [0.25, 0.3) is 6.08 Å². The van der Waals surface area contributed by atoms with Crippen molar-refractivity contribution in [3.8, 4) is 5.75 Å². The van der Waals surface area contributed by atoms with Crippen molar-refractivity contribution in [1.82, 2.24) is 4.90 Å². The number of carboxylic acid groups (broad SMARTS) is 1. The molecule has 2 N–H and O–H groups in total. The second kappa shape index (κ2) is 9.07. The summed E-state index contributed by atoms with van der Waals surface area (Å²) in [4.78, 5) is 48.7. The molecule has 1 fully saturated rings. The van der Waals surface area contributed by atoms with Crippen LogP contribution < -0.4 is 10.1 Å². The van der Waals surface area contributed by atoms with Crippen LogP contribution in [0.5, 0.6) is 5.75 Å². The van der Waals surface area contributed by atoms with Crippen LogP contribution in [0.4, 0.5) is 10.5 Å². The van der Waals surface area contributed by atoms with E-state index in [1.165, 1.54) is 6.08 Å². The molecule has 0 aromatic heterocycles. The van der Waals surface area contributed by atoms with Crippen molar-refractivity contribution in [3.05, 3.63) is 65.1 Å². The molecule has 9 heteroatoms. The fourth-order valence-corrected chi connectivity index (χ4v) is 3.34. The molecule has 1 aliphatic heterocycles. The average Bonchev–Trinajstić information content (AvgIpc) is 2.95. The van der Waals surface area contributed by atoms with E-state index in [1.807, 2.05) is 0 Å². The van der Waals surface area contributed by atoms with Crippen molar-refractivity contribution >= 4 is 46.5 Å². The molecule has 3 amide bonds. The Bertz CT molecular complexity index is 989. The lowest BCUT2D eigenvalue weighted by Crippen LogP contribution is -2.36. The van der Waals surface area contributed by atoms with E-state index in [4.69, 9.17) is 9.84 Å². The van der Waals surface area contributed by atoms with Crippen LogP contribution in [-0.2, 0) is 14.4 Å². The Kier molecular flexibility index (Phi) is 6.30. The first kappa shape index (κ1) is 20.2. The summed E-state index contributed by atoms with van der Waals surface area (Å²) < 4.78 is 5.20. The molecule has 0 atom stereocenters. The maximum absolute atomic E-state index is 12.6. The minimum atomic E-state index is -1.13. The first-order chi connectivity index (χ1) is 13.9. The summed E-state index contributed by atoms with van der Waals surface area (Å²) in [6.07, 6.45) is 1.44. The van der Waals surface area contributed by atoms with Gasteiger partial charge in [0, 0.05) is 11.3 Å². The number of nitrogens with zero attached hydrogens (tertiary/aromatic N) is 1. The number of hydrogen-bond acceptors (Lipinski definition) is 6. The van der Waals surface area contributed by atoms with Gasteiger partial charge in [-0.1, -0.05) is 36.4 Å². The summed E-state index contributed by atoms with van der Waals surface area (Å²) >= 11 is 0.705. The van der Waals surface area contributed by atoms with Crippen LogP contribution in [0.3, 0.4) is 0 Å². The molecular formula is C20H16N2O6S. The number of hydrogen-bond donors (Lipinski definition) is 2. The maximum atomic E-state index is 12.6. The lowest BCUT2D eigenvalue weighted by molar-refractivity contribution is -0.139. The topological polar surface area (TPSA) is 113 Å². The van der Waals surface area contributed by atoms with Gasteiger partial charge >= 0.3 is 5.97 Å². The molecule has 0 bridgehead atoms. The van der Waals surface area contributed by atoms with Gasteiger partial charge in [-0.15, -0.1) is 0 Å². The highest BCUT2D eigenvalue weighted by Gasteiger charge is 2.36. The number of aliphatic carboxylic acids is 1. The predicted octanol–water partition coefficient (Wildman–Crippen LogP) is 2.83. The van der Waals surface area contributed by atoms with Gasteiger partial charge in [0.1, 0.15) is 12.3 Å². The predicted molar refractivity (Wildman–Crippen MR) is 107 cm³/mol. The number of rotatable bonds is 7. The molecule has 148 valence electrons. The standard InChI is InChI=1S/C20H16N2O6S/c23-17(21-14-7-2-1-3-8-14)11-22-19(26)16(29-20(22)27)10-13-6-4-5-9-15(13)28-12-18(24)25/h1-10H,11-12H2,(H,21,23)(H,24,25)/b16-10+. The minimum absolute atomic E-state index is 0.119. The summed E-state index contributed by atoms with van der Waals surface area (Å²) in [7, 11) is 0. The highest BCUT2D eigenvalue weighted by molar-refractivity contribution is 8.18. The Morgan fingerprint density at radius 1 is 1.07 bits per heavy atom. The summed E-state index contributed by atoms with van der Waals surface area (Å²) in [5.41, 5.74) is 1.01. The van der Waals surface area contributed by atoms with Gasteiger partial charge in [0.25, 0.3) is 11.1 Å². The third-order valence-corrected chi connectivity index (χ3v) is 4.70. The molecule has 0 saturated carbocycles. The van der Waals surface area contributed by atoms with Gasteiger partial charge in [0.2, 0.25) is 5.91 Å². The average molecular weight is 412 g/mol. The fraction of sp³-hybridized carbons (Fsp3) is 0.100. The molecule has 0 aliphatic carbocycles. The lowest BCUT2D eigenvalue weighted by atomic mass is 10.2. The summed E-state index contributed by atoms with van der Waals surface area (Å²) in [6, 6.07) is 15.2. The maximum Gasteiger partial charge on any atom is 0.341 e. The van der Waals surface area contributed by atoms with Crippen molar-refractivity contribution in [3.63, 3.8) is 0 Å². The zero-order valence-corrected chi connectivity index (χ0v) is 15.8. The Hall–Kier alpha value is -3.59. The Labute approximate surface area is 170 Å². The van der Waals surface area contributed by atoms with Crippen LogP contribution in [-0.4, -0.2) is 46.2 Å². The molecule has 1 heterocycles. The van der Waals surface area contributed by atoms with Crippen molar-refractivity contribution in [2.75, 3.05) is 18.5 Å². The molecule has 0 spiro atoms. The summed E-state index contributed by atoms with van der Waals surface area (Å²) in [5, 5.41) is 10.8. The van der Waals surface area contributed by atoms with E-state index >= 15 is 0 Å². The molecule has 8 nitrogen and oxygen atoms in total. The number of carbonyl (C=O) groups is 4. The van der Waals surface area contributed by atoms with Gasteiger partial charge < -0.3 is 15.2 Å². The minimum Gasteiger partial charge on any atom is -0.481 e. The number of para-hydroxylation sites is 2. The molecule has 0 radical (unpaired) electrons. The molecule has 0 unspecified atom stereocenters. The van der Waals surface area contributed by atoms with Gasteiger partial charge in [-0.25, -0.2) is 4.79 Å². The number of thioether (sulfide) groups is 1. The fourth-order valence-electron chi connectivity index (χ4n) is 2.51. The van der Waals surface area contributed by atoms with Gasteiger partial charge in [-0.2, -0.15) is 0 Å². The molecule has 1 saturated heterocycles. The largest absolute Gasteiger partial charge is 0.481 e. The molecule has 2 aromatic rings. The monoisotopic (exact) mass is 412 g/mol. The van der Waals surface area contributed by atoms with E-state index in [0.717, 1.165) is 4.90 Å². The van der Waals surface area contributed by atoms with Crippen molar-refractivity contribution in [1.29, 1.82) is 0 Å². The van der Waals surface area contributed by atoms with Crippen molar-refractivity contribution in [2.24, 2.45) is 0 Å². The van der Waals surface area contributed by atoms with Crippen molar-refractivity contribution in [2.45, 2.75) is 0 Å². The number of carboxylic acids is 1. The van der Waals surface area contributed by atoms with Gasteiger partial charge in [0.15, 0.2) is 6.61 Å². The van der Waals surface area contributed by atoms with E-state index in [-0.39, 0.29) is 10.7 Å². The molecule has 1 aliphatic rings. The first-order valence-electron chi connectivity index (χ1n) is 8.48. The van der Waals surface area contributed by atoms with E-state index in [2.05, 4.69) is 5.32 Å². The van der Waals surface area contributed by atoms with Crippen LogP contribution in [0, 0.1) is 0 Å². The summed E-state index contributed by atoms with van der Waals surface area (Å²) in [5.74, 6) is -1.96. The quantitative estimate of drug-likeness (QED) is 0.672. The molecule has 2 aromatic carbocycles. The van der Waals surface area contributed by atoms with E-state index in [1.54, 1.807) is 54.6 Å². The smallest absolute Gasteiger partial charge is 0.341 e. The summed E-state index contributed by atoms with van der Waals surface area (Å²) in [6.45, 7) is -0.944. The van der Waals surface area contributed by atoms with Crippen LogP contribution >= 0.6 is 11.8 Å².